The van der Waals surface area contributed by atoms with Crippen molar-refractivity contribution in [3.8, 4) is 5.75 Å². The van der Waals surface area contributed by atoms with E-state index in [-0.39, 0.29) is 30.5 Å². The van der Waals surface area contributed by atoms with Crippen molar-refractivity contribution < 1.29 is 34.1 Å². The van der Waals surface area contributed by atoms with E-state index in [1.807, 2.05) is 41.3 Å². The Labute approximate surface area is 245 Å². The number of carbonyl (C=O) groups is 3. The van der Waals surface area contributed by atoms with E-state index in [2.05, 4.69) is 10.6 Å². The van der Waals surface area contributed by atoms with Crippen molar-refractivity contribution in [2.45, 2.75) is 76.0 Å². The molecule has 0 radical (unpaired) electrons. The van der Waals surface area contributed by atoms with Crippen LogP contribution in [0.4, 0.5) is 15.3 Å². The summed E-state index contributed by atoms with van der Waals surface area (Å²) in [4.78, 5) is 42.0. The lowest BCUT2D eigenvalue weighted by atomic mass is 10.0. The van der Waals surface area contributed by atoms with Crippen LogP contribution in [0.5, 0.6) is 5.75 Å². The van der Waals surface area contributed by atoms with Gasteiger partial charge in [0.1, 0.15) is 5.75 Å². The van der Waals surface area contributed by atoms with E-state index in [0.29, 0.717) is 57.5 Å². The molecule has 11 nitrogen and oxygen atoms in total. The summed E-state index contributed by atoms with van der Waals surface area (Å²) >= 11 is 0. The Hall–Kier alpha value is -3.67. The lowest BCUT2D eigenvalue weighted by Gasteiger charge is -2.38. The number of benzene rings is 2. The van der Waals surface area contributed by atoms with Gasteiger partial charge in [-0.3, -0.25) is 4.79 Å². The van der Waals surface area contributed by atoms with Crippen molar-refractivity contribution in [1.29, 1.82) is 0 Å². The van der Waals surface area contributed by atoms with Crippen LogP contribution in [0, 0.1) is 0 Å². The molecule has 2 fully saturated rings. The van der Waals surface area contributed by atoms with Gasteiger partial charge in [-0.2, -0.15) is 0 Å². The molecule has 3 heterocycles. The lowest BCUT2D eigenvalue weighted by molar-refractivity contribution is -0.184. The summed E-state index contributed by atoms with van der Waals surface area (Å²) in [5.74, 6) is 0.404. The van der Waals surface area contributed by atoms with Crippen LogP contribution < -0.4 is 15.4 Å². The van der Waals surface area contributed by atoms with Gasteiger partial charge in [-0.25, -0.2) is 9.59 Å². The van der Waals surface area contributed by atoms with E-state index in [1.54, 1.807) is 17.0 Å². The van der Waals surface area contributed by atoms with Crippen LogP contribution in [-0.4, -0.2) is 94.7 Å². The van der Waals surface area contributed by atoms with Crippen LogP contribution in [0.2, 0.25) is 0 Å². The molecule has 4 atom stereocenters. The zero-order valence-corrected chi connectivity index (χ0v) is 23.9. The number of Topliss-reactive ketones (excluding diaryl/α,β-unsaturated/α-hetero) is 1. The number of rotatable bonds is 8. The molecular formula is C31H40N4O7. The van der Waals surface area contributed by atoms with E-state index >= 15 is 0 Å². The number of para-hydroxylation sites is 1. The molecule has 2 saturated heterocycles. The standard InChI is InChI=1S/C31H40N4O7/c1-20(37)28(16-21-6-8-25(9-7-21)41-29-18-24(38)17-26(19-36)42-29)33-30(39)34-13-11-23(12-14-34)35-15-10-22-4-2-3-5-27(22)32-31(35)40/h2-9,23-24,26,28-29,36,38H,10-19H2,1H3,(H,32,40)(H,33,39)/t24?,26?,28-,29?/m1/s1. The summed E-state index contributed by atoms with van der Waals surface area (Å²) < 4.78 is 11.5. The first-order chi connectivity index (χ1) is 20.3. The van der Waals surface area contributed by atoms with Gasteiger partial charge in [0.05, 0.1) is 24.9 Å². The highest BCUT2D eigenvalue weighted by molar-refractivity contribution is 5.91. The fourth-order valence-corrected chi connectivity index (χ4v) is 5.89. The normalized spacial score (nSPS) is 23.8. The average molecular weight is 581 g/mol. The van der Waals surface area contributed by atoms with Crippen molar-refractivity contribution in [3.63, 3.8) is 0 Å². The summed E-state index contributed by atoms with van der Waals surface area (Å²) in [7, 11) is 0. The highest BCUT2D eigenvalue weighted by atomic mass is 16.7. The van der Waals surface area contributed by atoms with Crippen molar-refractivity contribution in [2.24, 2.45) is 0 Å². The van der Waals surface area contributed by atoms with Crippen LogP contribution in [-0.2, 0) is 22.4 Å². The lowest BCUT2D eigenvalue weighted by Crippen LogP contribution is -2.54. The maximum atomic E-state index is 13.1. The summed E-state index contributed by atoms with van der Waals surface area (Å²) in [6.07, 6.45) is 1.42. The third-order valence-corrected chi connectivity index (χ3v) is 8.30. The second-order valence-corrected chi connectivity index (χ2v) is 11.3. The van der Waals surface area contributed by atoms with E-state index in [9.17, 15) is 24.6 Å². The smallest absolute Gasteiger partial charge is 0.322 e. The zero-order chi connectivity index (χ0) is 29.6. The van der Waals surface area contributed by atoms with Crippen molar-refractivity contribution >= 4 is 23.5 Å². The molecule has 226 valence electrons. The molecule has 4 amide bonds. The molecule has 5 rings (SSSR count). The number of piperidine rings is 1. The minimum Gasteiger partial charge on any atom is -0.465 e. The third-order valence-electron chi connectivity index (χ3n) is 8.30. The quantitative estimate of drug-likeness (QED) is 0.376. The number of aliphatic hydroxyl groups excluding tert-OH is 2. The van der Waals surface area contributed by atoms with Crippen LogP contribution in [0.25, 0.3) is 0 Å². The zero-order valence-electron chi connectivity index (χ0n) is 23.9. The number of likely N-dealkylation sites (tertiary alicyclic amines) is 1. The molecule has 11 heteroatoms. The summed E-state index contributed by atoms with van der Waals surface area (Å²) in [6.45, 7) is 2.91. The van der Waals surface area contributed by atoms with Gasteiger partial charge in [0.15, 0.2) is 5.78 Å². The second-order valence-electron chi connectivity index (χ2n) is 11.3. The molecule has 42 heavy (non-hydrogen) atoms. The number of fused-ring (bicyclic) bond motifs is 1. The van der Waals surface area contributed by atoms with E-state index < -0.39 is 24.5 Å². The summed E-state index contributed by atoms with van der Waals surface area (Å²) in [5, 5.41) is 25.2. The number of ketones is 1. The van der Waals surface area contributed by atoms with Crippen LogP contribution in [0.3, 0.4) is 0 Å². The van der Waals surface area contributed by atoms with Gasteiger partial charge in [0.25, 0.3) is 0 Å². The molecule has 0 saturated carbocycles. The van der Waals surface area contributed by atoms with Gasteiger partial charge in [0, 0.05) is 44.2 Å². The second kappa shape index (κ2) is 13.5. The molecule has 4 N–H and O–H groups in total. The Morgan fingerprint density at radius 1 is 1.10 bits per heavy atom. The van der Waals surface area contributed by atoms with Crippen molar-refractivity contribution in [2.75, 3.05) is 31.6 Å². The van der Waals surface area contributed by atoms with Gasteiger partial charge in [-0.1, -0.05) is 30.3 Å². The minimum absolute atomic E-state index is 0.0458. The van der Waals surface area contributed by atoms with E-state index in [1.165, 1.54) is 6.92 Å². The van der Waals surface area contributed by atoms with E-state index in [0.717, 1.165) is 23.2 Å². The Morgan fingerprint density at radius 2 is 1.83 bits per heavy atom. The van der Waals surface area contributed by atoms with Gasteiger partial charge >= 0.3 is 12.1 Å². The fraction of sp³-hybridized carbons (Fsp3) is 0.516. The molecule has 3 aliphatic heterocycles. The van der Waals surface area contributed by atoms with Gasteiger partial charge < -0.3 is 40.1 Å². The number of nitrogens with zero attached hydrogens (tertiary/aromatic N) is 2. The molecule has 3 aliphatic rings. The van der Waals surface area contributed by atoms with Crippen molar-refractivity contribution in [3.05, 3.63) is 59.7 Å². The number of anilines is 1. The maximum absolute atomic E-state index is 13.1. The molecule has 3 unspecified atom stereocenters. The number of aliphatic hydroxyl groups is 2. The number of carbonyl (C=O) groups excluding carboxylic acids is 3. The first-order valence-corrected chi connectivity index (χ1v) is 14.7. The van der Waals surface area contributed by atoms with Crippen LogP contribution >= 0.6 is 0 Å². The first-order valence-electron chi connectivity index (χ1n) is 14.7. The Bertz CT molecular complexity index is 1250. The third kappa shape index (κ3) is 7.39. The average Bonchev–Trinajstić information content (AvgIpc) is 3.15. The minimum atomic E-state index is -0.681. The summed E-state index contributed by atoms with van der Waals surface area (Å²) in [5.41, 5.74) is 2.83. The number of hydrogen-bond donors (Lipinski definition) is 4. The fourth-order valence-electron chi connectivity index (χ4n) is 5.89. The van der Waals surface area contributed by atoms with Crippen LogP contribution in [0.1, 0.15) is 43.7 Å². The molecule has 2 aromatic rings. The number of ether oxygens (including phenoxy) is 2. The molecule has 0 bridgehead atoms. The van der Waals surface area contributed by atoms with Gasteiger partial charge in [-0.05, 0) is 61.9 Å². The number of urea groups is 2. The molecule has 0 aromatic heterocycles. The largest absolute Gasteiger partial charge is 0.465 e. The molecule has 2 aromatic carbocycles. The first kappa shape index (κ1) is 29.8. The number of amides is 4. The predicted molar refractivity (Wildman–Crippen MR) is 155 cm³/mol. The topological polar surface area (TPSA) is 141 Å². The Balaban J connectivity index is 1.10. The molecule has 0 spiro atoms. The van der Waals surface area contributed by atoms with Crippen molar-refractivity contribution in [1.82, 2.24) is 15.1 Å². The van der Waals surface area contributed by atoms with Crippen LogP contribution in [0.15, 0.2) is 48.5 Å². The predicted octanol–water partition coefficient (Wildman–Crippen LogP) is 2.69. The highest BCUT2D eigenvalue weighted by Gasteiger charge is 2.32. The van der Waals surface area contributed by atoms with E-state index in [4.69, 9.17) is 9.47 Å². The van der Waals surface area contributed by atoms with Gasteiger partial charge in [-0.15, -0.1) is 0 Å². The maximum Gasteiger partial charge on any atom is 0.322 e. The Morgan fingerprint density at radius 3 is 2.55 bits per heavy atom. The Kier molecular flexibility index (Phi) is 9.61. The molecule has 0 aliphatic carbocycles. The monoisotopic (exact) mass is 580 g/mol. The number of nitrogens with one attached hydrogen (secondary N) is 2. The summed E-state index contributed by atoms with van der Waals surface area (Å²) in [6, 6.07) is 14.0. The number of hydrogen-bond acceptors (Lipinski definition) is 7. The molecular weight excluding hydrogens is 540 g/mol. The highest BCUT2D eigenvalue weighted by Crippen LogP contribution is 2.26. The van der Waals surface area contributed by atoms with Gasteiger partial charge in [0.2, 0.25) is 6.29 Å². The SMILES string of the molecule is CC(=O)[C@@H](Cc1ccc(OC2CC(O)CC(CO)O2)cc1)NC(=O)N1CCC(N2CCc3ccccc3NC2=O)CC1.